The van der Waals surface area contributed by atoms with Crippen molar-refractivity contribution in [3.63, 3.8) is 0 Å². The summed E-state index contributed by atoms with van der Waals surface area (Å²) >= 11 is 5.93. The monoisotopic (exact) mass is 280 g/mol. The minimum absolute atomic E-state index is 0.0236. The molecule has 0 fully saturated rings. The first-order valence-corrected chi connectivity index (χ1v) is 6.77. The van der Waals surface area contributed by atoms with Crippen LogP contribution in [0.25, 0.3) is 0 Å². The van der Waals surface area contributed by atoms with Crippen molar-refractivity contribution in [1.82, 2.24) is 0 Å². The van der Waals surface area contributed by atoms with Gasteiger partial charge in [0.1, 0.15) is 11.6 Å². The molecule has 0 aliphatic rings. The van der Waals surface area contributed by atoms with Crippen LogP contribution in [0.1, 0.15) is 11.1 Å². The third-order valence-electron chi connectivity index (χ3n) is 3.14. The van der Waals surface area contributed by atoms with E-state index in [1.807, 2.05) is 30.3 Å². The van der Waals surface area contributed by atoms with Gasteiger partial charge in [-0.15, -0.1) is 11.6 Å². The van der Waals surface area contributed by atoms with E-state index < -0.39 is 11.6 Å². The molecule has 2 aromatic rings. The lowest BCUT2D eigenvalue weighted by atomic mass is 9.93. The van der Waals surface area contributed by atoms with Crippen molar-refractivity contribution in [2.45, 2.75) is 12.8 Å². The number of alkyl halides is 1. The summed E-state index contributed by atoms with van der Waals surface area (Å²) < 4.78 is 27.2. The van der Waals surface area contributed by atoms with Gasteiger partial charge in [0.05, 0.1) is 0 Å². The summed E-state index contributed by atoms with van der Waals surface area (Å²) in [6.45, 7) is 0. The second kappa shape index (κ2) is 6.67. The Hall–Kier alpha value is -1.41. The van der Waals surface area contributed by atoms with Crippen LogP contribution in [0.4, 0.5) is 8.78 Å². The van der Waals surface area contributed by atoms with Crippen LogP contribution in [0, 0.1) is 17.6 Å². The zero-order valence-electron chi connectivity index (χ0n) is 10.5. The highest BCUT2D eigenvalue weighted by Crippen LogP contribution is 2.20. The minimum Gasteiger partial charge on any atom is -0.207 e. The maximum Gasteiger partial charge on any atom is 0.129 e. The van der Waals surface area contributed by atoms with Crippen molar-refractivity contribution in [2.75, 3.05) is 5.88 Å². The van der Waals surface area contributed by atoms with Crippen LogP contribution in [0.15, 0.2) is 48.5 Å². The maximum atomic E-state index is 13.6. The van der Waals surface area contributed by atoms with Gasteiger partial charge >= 0.3 is 0 Å². The summed E-state index contributed by atoms with van der Waals surface area (Å²) in [6.07, 6.45) is 1.04. The highest BCUT2D eigenvalue weighted by atomic mass is 35.5. The Morgan fingerprint density at radius 3 is 2.05 bits per heavy atom. The smallest absolute Gasteiger partial charge is 0.129 e. The van der Waals surface area contributed by atoms with Crippen LogP contribution in [-0.4, -0.2) is 5.88 Å². The minimum atomic E-state index is -0.497. The quantitative estimate of drug-likeness (QED) is 0.702. The Morgan fingerprint density at radius 1 is 0.842 bits per heavy atom. The van der Waals surface area contributed by atoms with Crippen LogP contribution in [0.3, 0.4) is 0 Å². The molecule has 2 aromatic carbocycles. The van der Waals surface area contributed by atoms with Crippen molar-refractivity contribution < 1.29 is 8.78 Å². The molecule has 100 valence electrons. The first-order chi connectivity index (χ1) is 9.20. The molecule has 2 rings (SSSR count). The van der Waals surface area contributed by atoms with Crippen LogP contribution in [-0.2, 0) is 12.8 Å². The van der Waals surface area contributed by atoms with E-state index in [0.29, 0.717) is 12.3 Å². The highest BCUT2D eigenvalue weighted by molar-refractivity contribution is 6.18. The summed E-state index contributed by atoms with van der Waals surface area (Å²) in [4.78, 5) is 0. The van der Waals surface area contributed by atoms with Crippen LogP contribution in [0.2, 0.25) is 0 Å². The fraction of sp³-hybridized carbons (Fsp3) is 0.250. The number of rotatable bonds is 5. The Kier molecular flexibility index (Phi) is 4.92. The third-order valence-corrected chi connectivity index (χ3v) is 3.58. The third kappa shape index (κ3) is 3.77. The fourth-order valence-electron chi connectivity index (χ4n) is 2.14. The van der Waals surface area contributed by atoms with Gasteiger partial charge in [0.2, 0.25) is 0 Å². The predicted octanol–water partition coefficient (Wildman–Crippen LogP) is 4.61. The van der Waals surface area contributed by atoms with Crippen LogP contribution < -0.4 is 0 Å². The van der Waals surface area contributed by atoms with Crippen molar-refractivity contribution in [1.29, 1.82) is 0 Å². The van der Waals surface area contributed by atoms with E-state index in [1.165, 1.54) is 18.2 Å². The Labute approximate surface area is 117 Å². The van der Waals surface area contributed by atoms with E-state index in [0.717, 1.165) is 12.0 Å². The summed E-state index contributed by atoms with van der Waals surface area (Å²) in [5, 5.41) is 0. The molecule has 0 aliphatic carbocycles. The molecule has 0 bridgehead atoms. The molecule has 0 nitrogen and oxygen atoms in total. The molecule has 0 aromatic heterocycles. The summed E-state index contributed by atoms with van der Waals surface area (Å²) in [7, 11) is 0. The molecule has 0 heterocycles. The molecule has 0 saturated heterocycles. The zero-order chi connectivity index (χ0) is 13.7. The standard InChI is InChI=1S/C16H15ClF2/c17-11-13(9-12-5-2-1-3-6-12)10-14-15(18)7-4-8-16(14)19/h1-8,13H,9-11H2. The molecule has 0 N–H and O–H groups in total. The second-order valence-corrected chi connectivity index (χ2v) is 4.92. The maximum absolute atomic E-state index is 13.6. The van der Waals surface area contributed by atoms with Gasteiger partial charge in [-0.05, 0) is 36.5 Å². The van der Waals surface area contributed by atoms with E-state index in [4.69, 9.17) is 11.6 Å². The molecule has 0 spiro atoms. The molecule has 0 radical (unpaired) electrons. The number of hydrogen-bond donors (Lipinski definition) is 0. The van der Waals surface area contributed by atoms with Gasteiger partial charge in [-0.1, -0.05) is 36.4 Å². The van der Waals surface area contributed by atoms with Crippen LogP contribution in [0.5, 0.6) is 0 Å². The van der Waals surface area contributed by atoms with Gasteiger partial charge in [-0.2, -0.15) is 0 Å². The molecule has 19 heavy (non-hydrogen) atoms. The lowest BCUT2D eigenvalue weighted by molar-refractivity contribution is 0.508. The van der Waals surface area contributed by atoms with E-state index in [9.17, 15) is 8.78 Å². The van der Waals surface area contributed by atoms with E-state index in [2.05, 4.69) is 0 Å². The van der Waals surface area contributed by atoms with Crippen molar-refractivity contribution >= 4 is 11.6 Å². The summed E-state index contributed by atoms with van der Waals surface area (Å²) in [5.41, 5.74) is 1.26. The molecular formula is C16H15ClF2. The normalized spacial score (nSPS) is 12.4. The molecule has 0 amide bonds. The second-order valence-electron chi connectivity index (χ2n) is 4.61. The average Bonchev–Trinajstić information content (AvgIpc) is 2.43. The SMILES string of the molecule is Fc1cccc(F)c1CC(CCl)Cc1ccccc1. The highest BCUT2D eigenvalue weighted by Gasteiger charge is 2.15. The topological polar surface area (TPSA) is 0 Å². The molecule has 0 aliphatic heterocycles. The van der Waals surface area contributed by atoms with Gasteiger partial charge in [0.25, 0.3) is 0 Å². The largest absolute Gasteiger partial charge is 0.207 e. The molecule has 1 atom stereocenters. The van der Waals surface area contributed by atoms with E-state index in [1.54, 1.807) is 0 Å². The van der Waals surface area contributed by atoms with Gasteiger partial charge in [0, 0.05) is 11.4 Å². The molecular weight excluding hydrogens is 266 g/mol. The number of benzene rings is 2. The Balaban J connectivity index is 2.11. The zero-order valence-corrected chi connectivity index (χ0v) is 11.2. The van der Waals surface area contributed by atoms with Gasteiger partial charge in [-0.3, -0.25) is 0 Å². The van der Waals surface area contributed by atoms with Crippen LogP contribution >= 0.6 is 11.6 Å². The van der Waals surface area contributed by atoms with Crippen molar-refractivity contribution in [3.8, 4) is 0 Å². The molecule has 0 saturated carbocycles. The number of hydrogen-bond acceptors (Lipinski definition) is 0. The number of halogens is 3. The first-order valence-electron chi connectivity index (χ1n) is 6.23. The van der Waals surface area contributed by atoms with Crippen molar-refractivity contribution in [3.05, 3.63) is 71.3 Å². The van der Waals surface area contributed by atoms with Gasteiger partial charge < -0.3 is 0 Å². The van der Waals surface area contributed by atoms with E-state index >= 15 is 0 Å². The van der Waals surface area contributed by atoms with E-state index in [-0.39, 0.29) is 11.5 Å². The Bertz CT molecular complexity index is 505. The lowest BCUT2D eigenvalue weighted by Crippen LogP contribution is -2.12. The van der Waals surface area contributed by atoms with Gasteiger partial charge in [0.15, 0.2) is 0 Å². The first kappa shape index (κ1) is 14.0. The summed E-state index contributed by atoms with van der Waals surface area (Å²) in [5.74, 6) is -0.593. The molecule has 1 unspecified atom stereocenters. The fourth-order valence-corrected chi connectivity index (χ4v) is 2.36. The van der Waals surface area contributed by atoms with Gasteiger partial charge in [-0.25, -0.2) is 8.78 Å². The lowest BCUT2D eigenvalue weighted by Gasteiger charge is -2.15. The average molecular weight is 281 g/mol. The van der Waals surface area contributed by atoms with Crippen molar-refractivity contribution in [2.24, 2.45) is 5.92 Å². The molecule has 3 heteroatoms. The predicted molar refractivity (Wildman–Crippen MR) is 74.4 cm³/mol. The summed E-state index contributed by atoms with van der Waals surface area (Å²) in [6, 6.07) is 13.8. The Morgan fingerprint density at radius 2 is 1.47 bits per heavy atom.